The van der Waals surface area contributed by atoms with E-state index >= 15 is 0 Å². The molecule has 0 unspecified atom stereocenters. The van der Waals surface area contributed by atoms with Crippen molar-refractivity contribution in [3.8, 4) is 11.5 Å². The van der Waals surface area contributed by atoms with Gasteiger partial charge < -0.3 is 9.47 Å². The van der Waals surface area contributed by atoms with E-state index < -0.39 is 11.8 Å². The Balaban J connectivity index is 2.10. The summed E-state index contributed by atoms with van der Waals surface area (Å²) in [6.45, 7) is 3.92. The number of amides is 2. The molecule has 134 valence electrons. The van der Waals surface area contributed by atoms with Crippen molar-refractivity contribution in [1.29, 1.82) is 0 Å². The molecule has 0 aliphatic carbocycles. The molecule has 0 fully saturated rings. The largest absolute Gasteiger partial charge is 0.497 e. The lowest BCUT2D eigenvalue weighted by atomic mass is 10.0. The van der Waals surface area contributed by atoms with Gasteiger partial charge in [0.25, 0.3) is 11.8 Å². The van der Waals surface area contributed by atoms with Crippen molar-refractivity contribution >= 4 is 34.7 Å². The van der Waals surface area contributed by atoms with E-state index in [1.807, 2.05) is 26.0 Å². The van der Waals surface area contributed by atoms with Crippen molar-refractivity contribution in [2.24, 2.45) is 0 Å². The first-order chi connectivity index (χ1) is 12.4. The van der Waals surface area contributed by atoms with Crippen LogP contribution in [0.4, 0.5) is 5.69 Å². The van der Waals surface area contributed by atoms with Gasteiger partial charge in [-0.05, 0) is 42.7 Å². The van der Waals surface area contributed by atoms with E-state index in [4.69, 9.17) is 21.1 Å². The van der Waals surface area contributed by atoms with Crippen LogP contribution in [0.3, 0.4) is 0 Å². The fourth-order valence-electron chi connectivity index (χ4n) is 2.84. The van der Waals surface area contributed by atoms with Crippen LogP contribution in [0.25, 0.3) is 5.57 Å². The van der Waals surface area contributed by atoms with E-state index in [0.29, 0.717) is 22.7 Å². The Kier molecular flexibility index (Phi) is 4.74. The monoisotopic (exact) mass is 371 g/mol. The molecule has 0 N–H and O–H groups in total. The summed E-state index contributed by atoms with van der Waals surface area (Å²) < 4.78 is 10.5. The number of ether oxygens (including phenoxy) is 2. The number of hydrogen-bond donors (Lipinski definition) is 0. The molecule has 3 rings (SSSR count). The van der Waals surface area contributed by atoms with E-state index in [1.165, 1.54) is 14.2 Å². The first kappa shape index (κ1) is 18.0. The number of rotatable bonds is 4. The summed E-state index contributed by atoms with van der Waals surface area (Å²) in [7, 11) is 2.97. The van der Waals surface area contributed by atoms with Gasteiger partial charge in [0.1, 0.15) is 16.5 Å². The van der Waals surface area contributed by atoms with Crippen molar-refractivity contribution < 1.29 is 19.1 Å². The van der Waals surface area contributed by atoms with Gasteiger partial charge in [-0.1, -0.05) is 29.8 Å². The summed E-state index contributed by atoms with van der Waals surface area (Å²) in [4.78, 5) is 26.8. The van der Waals surface area contributed by atoms with Gasteiger partial charge in [0.05, 0.1) is 25.5 Å². The predicted octanol–water partition coefficient (Wildman–Crippen LogP) is 3.84. The molecular formula is C20H18ClNO4. The minimum Gasteiger partial charge on any atom is -0.497 e. The zero-order chi connectivity index (χ0) is 19.0. The second-order valence-corrected chi connectivity index (χ2v) is 6.35. The van der Waals surface area contributed by atoms with Crippen molar-refractivity contribution in [3.05, 3.63) is 58.1 Å². The molecule has 0 aromatic heterocycles. The molecule has 2 amide bonds. The second-order valence-electron chi connectivity index (χ2n) is 5.97. The molecule has 1 heterocycles. The number of carbonyl (C=O) groups excluding carboxylic acids is 2. The number of aryl methyl sites for hydroxylation is 2. The quantitative estimate of drug-likeness (QED) is 0.766. The Hall–Kier alpha value is -2.79. The van der Waals surface area contributed by atoms with Crippen LogP contribution in [0.15, 0.2) is 41.4 Å². The highest BCUT2D eigenvalue weighted by molar-refractivity contribution is 6.60. The van der Waals surface area contributed by atoms with Gasteiger partial charge in [-0.2, -0.15) is 0 Å². The third-order valence-corrected chi connectivity index (χ3v) is 4.80. The fourth-order valence-corrected chi connectivity index (χ4v) is 3.11. The van der Waals surface area contributed by atoms with Crippen molar-refractivity contribution in [3.63, 3.8) is 0 Å². The predicted molar refractivity (Wildman–Crippen MR) is 101 cm³/mol. The number of imide groups is 1. The summed E-state index contributed by atoms with van der Waals surface area (Å²) in [5.41, 5.74) is 3.19. The zero-order valence-corrected chi connectivity index (χ0v) is 15.7. The van der Waals surface area contributed by atoms with Gasteiger partial charge in [-0.3, -0.25) is 9.59 Å². The van der Waals surface area contributed by atoms with E-state index in [-0.39, 0.29) is 10.6 Å². The summed E-state index contributed by atoms with van der Waals surface area (Å²) >= 11 is 6.26. The molecule has 0 saturated carbocycles. The molecule has 1 aliphatic rings. The van der Waals surface area contributed by atoms with Gasteiger partial charge in [-0.25, -0.2) is 4.90 Å². The van der Waals surface area contributed by atoms with Crippen LogP contribution in [0.1, 0.15) is 16.7 Å². The number of carbonyl (C=O) groups is 2. The Morgan fingerprint density at radius 2 is 1.62 bits per heavy atom. The average molecular weight is 372 g/mol. The maximum absolute atomic E-state index is 13.1. The smallest absolute Gasteiger partial charge is 0.277 e. The molecule has 2 aromatic carbocycles. The molecule has 26 heavy (non-hydrogen) atoms. The van der Waals surface area contributed by atoms with Crippen LogP contribution in [0.2, 0.25) is 0 Å². The Bertz CT molecular complexity index is 949. The number of hydrogen-bond acceptors (Lipinski definition) is 4. The van der Waals surface area contributed by atoms with Crippen LogP contribution in [-0.2, 0) is 9.59 Å². The molecule has 6 heteroatoms. The van der Waals surface area contributed by atoms with Gasteiger partial charge in [0.2, 0.25) is 0 Å². The molecule has 2 aromatic rings. The Morgan fingerprint density at radius 3 is 2.23 bits per heavy atom. The molecule has 0 saturated heterocycles. The minimum atomic E-state index is -0.587. The summed E-state index contributed by atoms with van der Waals surface area (Å²) in [6.07, 6.45) is 0. The highest BCUT2D eigenvalue weighted by Gasteiger charge is 2.40. The third-order valence-electron chi connectivity index (χ3n) is 4.45. The maximum atomic E-state index is 13.1. The lowest BCUT2D eigenvalue weighted by molar-refractivity contribution is -0.119. The molecular weight excluding hydrogens is 354 g/mol. The number of halogens is 1. The van der Waals surface area contributed by atoms with Crippen LogP contribution in [0, 0.1) is 13.8 Å². The molecule has 0 radical (unpaired) electrons. The number of nitrogens with zero attached hydrogens (tertiary/aromatic N) is 1. The Labute approximate surface area is 156 Å². The summed E-state index contributed by atoms with van der Waals surface area (Å²) in [5, 5.41) is -0.108. The lowest BCUT2D eigenvalue weighted by Gasteiger charge is -2.19. The van der Waals surface area contributed by atoms with Crippen LogP contribution >= 0.6 is 11.6 Å². The molecule has 1 aliphatic heterocycles. The van der Waals surface area contributed by atoms with Crippen LogP contribution in [0.5, 0.6) is 11.5 Å². The topological polar surface area (TPSA) is 55.8 Å². The van der Waals surface area contributed by atoms with Crippen molar-refractivity contribution in [1.82, 2.24) is 0 Å². The molecule has 0 bridgehead atoms. The SMILES string of the molecule is COc1ccc(OC)c(N2C(=O)C(Cl)=C(c3ccc(C)c(C)c3)C2=O)c1. The first-order valence-electron chi connectivity index (χ1n) is 7.97. The van der Waals surface area contributed by atoms with Gasteiger partial charge in [0, 0.05) is 6.07 Å². The standard InChI is InChI=1S/C20H18ClNO4/c1-11-5-6-13(9-12(11)2)17-18(21)20(24)22(19(17)23)15-10-14(25-3)7-8-16(15)26-4/h5-10H,1-4H3. The Morgan fingerprint density at radius 1 is 0.885 bits per heavy atom. The van der Waals surface area contributed by atoms with Gasteiger partial charge in [0.15, 0.2) is 0 Å². The van der Waals surface area contributed by atoms with E-state index in [1.54, 1.807) is 24.3 Å². The molecule has 0 atom stereocenters. The number of anilines is 1. The summed E-state index contributed by atoms with van der Waals surface area (Å²) in [5.74, 6) is -0.207. The van der Waals surface area contributed by atoms with Gasteiger partial charge in [-0.15, -0.1) is 0 Å². The van der Waals surface area contributed by atoms with E-state index in [9.17, 15) is 9.59 Å². The second kappa shape index (κ2) is 6.84. The highest BCUT2D eigenvalue weighted by atomic mass is 35.5. The van der Waals surface area contributed by atoms with Crippen LogP contribution in [-0.4, -0.2) is 26.0 Å². The number of methoxy groups -OCH3 is 2. The van der Waals surface area contributed by atoms with Gasteiger partial charge >= 0.3 is 0 Å². The van der Waals surface area contributed by atoms with Crippen LogP contribution < -0.4 is 14.4 Å². The van der Waals surface area contributed by atoms with E-state index in [2.05, 4.69) is 0 Å². The minimum absolute atomic E-state index is 0.108. The molecule has 0 spiro atoms. The van der Waals surface area contributed by atoms with Crippen molar-refractivity contribution in [2.75, 3.05) is 19.1 Å². The summed E-state index contributed by atoms with van der Waals surface area (Å²) in [6, 6.07) is 10.4. The van der Waals surface area contributed by atoms with Crippen molar-refractivity contribution in [2.45, 2.75) is 13.8 Å². The average Bonchev–Trinajstić information content (AvgIpc) is 2.86. The van der Waals surface area contributed by atoms with E-state index in [0.717, 1.165) is 16.0 Å². The normalized spacial score (nSPS) is 14.3. The zero-order valence-electron chi connectivity index (χ0n) is 14.9. The molecule has 5 nitrogen and oxygen atoms in total. The third kappa shape index (κ3) is 2.84. The maximum Gasteiger partial charge on any atom is 0.277 e. The fraction of sp³-hybridized carbons (Fsp3) is 0.200. The highest BCUT2D eigenvalue weighted by Crippen LogP contribution is 2.40. The first-order valence-corrected chi connectivity index (χ1v) is 8.35. The lowest BCUT2D eigenvalue weighted by Crippen LogP contribution is -2.31. The number of benzene rings is 2.